The van der Waals surface area contributed by atoms with E-state index in [0.29, 0.717) is 12.8 Å². The van der Waals surface area contributed by atoms with Gasteiger partial charge in [-0.25, -0.2) is 9.52 Å². The average Bonchev–Trinajstić information content (AvgIpc) is 3.82. The van der Waals surface area contributed by atoms with Gasteiger partial charge in [0, 0.05) is 18.0 Å². The SMILES string of the molecule is C=C[C@@H]1C[C@]1(NC(=O)[C@@H]1CN(c2cc(Cl)nc(OC)n2)CN1C(=O)[C@@H](NC(=O)OC1CCCC1)C(C)(C)C)C(=O)NS(=O)(=O)NC1CC1. The molecule has 0 unspecified atom stereocenters. The molecule has 16 nitrogen and oxygen atoms in total. The maximum absolute atomic E-state index is 14.4. The predicted molar refractivity (Wildman–Crippen MR) is 174 cm³/mol. The predicted octanol–water partition coefficient (Wildman–Crippen LogP) is 1.37. The third-order valence-electron chi connectivity index (χ3n) is 8.97. The van der Waals surface area contributed by atoms with Crippen LogP contribution in [0.15, 0.2) is 18.7 Å². The molecule has 4 amide bonds. The van der Waals surface area contributed by atoms with Gasteiger partial charge in [0.15, 0.2) is 0 Å². The molecule has 0 aromatic carbocycles. The Morgan fingerprint density at radius 2 is 1.83 bits per heavy atom. The zero-order chi connectivity index (χ0) is 35.0. The van der Waals surface area contributed by atoms with Crippen LogP contribution in [-0.4, -0.2) is 97.2 Å². The maximum Gasteiger partial charge on any atom is 0.408 e. The van der Waals surface area contributed by atoms with Crippen LogP contribution in [0, 0.1) is 11.3 Å². The van der Waals surface area contributed by atoms with Crippen LogP contribution in [0.25, 0.3) is 0 Å². The number of carbonyl (C=O) groups is 4. The Morgan fingerprint density at radius 3 is 2.42 bits per heavy atom. The summed E-state index contributed by atoms with van der Waals surface area (Å²) in [5.41, 5.74) is -2.41. The molecule has 0 spiro atoms. The smallest absolute Gasteiger partial charge is 0.408 e. The molecule has 264 valence electrons. The van der Waals surface area contributed by atoms with E-state index < -0.39 is 63.0 Å². The van der Waals surface area contributed by atoms with Crippen LogP contribution < -0.4 is 29.7 Å². The molecule has 1 aromatic rings. The van der Waals surface area contributed by atoms with Crippen LogP contribution in [0.5, 0.6) is 6.01 Å². The fourth-order valence-electron chi connectivity index (χ4n) is 6.02. The van der Waals surface area contributed by atoms with Gasteiger partial charge in [-0.3, -0.25) is 14.4 Å². The van der Waals surface area contributed by atoms with Gasteiger partial charge < -0.3 is 29.9 Å². The highest BCUT2D eigenvalue weighted by atomic mass is 35.5. The van der Waals surface area contributed by atoms with E-state index >= 15 is 0 Å². The fourth-order valence-corrected chi connectivity index (χ4v) is 7.35. The Hall–Kier alpha value is -3.70. The zero-order valence-electron chi connectivity index (χ0n) is 27.5. The van der Waals surface area contributed by atoms with Crippen molar-refractivity contribution in [1.29, 1.82) is 0 Å². The van der Waals surface area contributed by atoms with Gasteiger partial charge in [-0.1, -0.05) is 38.4 Å². The molecule has 4 aliphatic rings. The number of amides is 4. The maximum atomic E-state index is 14.4. The first-order valence-electron chi connectivity index (χ1n) is 16.0. The lowest BCUT2D eigenvalue weighted by molar-refractivity contribution is -0.142. The Bertz CT molecular complexity index is 1560. The molecule has 4 fully saturated rings. The average molecular weight is 711 g/mol. The van der Waals surface area contributed by atoms with Crippen LogP contribution in [0.3, 0.4) is 0 Å². The van der Waals surface area contributed by atoms with Crippen LogP contribution in [-0.2, 0) is 29.3 Å². The number of halogens is 1. The van der Waals surface area contributed by atoms with Crippen molar-refractivity contribution in [3.8, 4) is 6.01 Å². The molecule has 4 N–H and O–H groups in total. The van der Waals surface area contributed by atoms with E-state index in [1.54, 1.807) is 25.7 Å². The van der Waals surface area contributed by atoms with E-state index in [0.717, 1.165) is 25.7 Å². The number of hydrogen-bond acceptors (Lipinski definition) is 11. The molecule has 48 heavy (non-hydrogen) atoms. The van der Waals surface area contributed by atoms with Crippen molar-refractivity contribution in [2.24, 2.45) is 11.3 Å². The van der Waals surface area contributed by atoms with Crippen LogP contribution in [0.4, 0.5) is 10.6 Å². The largest absolute Gasteiger partial charge is 0.467 e. The Balaban J connectivity index is 1.41. The number of carbonyl (C=O) groups excluding carboxylic acids is 4. The summed E-state index contributed by atoms with van der Waals surface area (Å²) in [6.45, 7) is 8.82. The summed E-state index contributed by atoms with van der Waals surface area (Å²) in [4.78, 5) is 66.0. The molecule has 1 aliphatic heterocycles. The Kier molecular flexibility index (Phi) is 10.1. The summed E-state index contributed by atoms with van der Waals surface area (Å²) in [5.74, 6) is -2.50. The molecule has 0 bridgehead atoms. The summed E-state index contributed by atoms with van der Waals surface area (Å²) >= 11 is 6.21. The number of alkyl carbamates (subject to hydrolysis) is 1. The number of nitrogens with one attached hydrogen (secondary N) is 4. The van der Waals surface area contributed by atoms with E-state index in [9.17, 15) is 27.6 Å². The van der Waals surface area contributed by atoms with E-state index in [2.05, 4.69) is 31.9 Å². The third-order valence-corrected chi connectivity index (χ3v) is 10.3. The quantitative estimate of drug-likeness (QED) is 0.180. The second kappa shape index (κ2) is 13.7. The van der Waals surface area contributed by atoms with Crippen molar-refractivity contribution in [1.82, 2.24) is 34.9 Å². The topological polar surface area (TPSA) is 201 Å². The van der Waals surface area contributed by atoms with Gasteiger partial charge in [0.1, 0.15) is 34.7 Å². The lowest BCUT2D eigenvalue weighted by Crippen LogP contribution is -2.61. The van der Waals surface area contributed by atoms with Crippen molar-refractivity contribution in [2.75, 3.05) is 25.2 Å². The summed E-state index contributed by atoms with van der Waals surface area (Å²) < 4.78 is 40.3. The van der Waals surface area contributed by atoms with Gasteiger partial charge in [-0.15, -0.1) is 6.58 Å². The highest BCUT2D eigenvalue weighted by molar-refractivity contribution is 7.88. The number of hydrogen-bond donors (Lipinski definition) is 4. The lowest BCUT2D eigenvalue weighted by Gasteiger charge is -2.35. The second-order valence-corrected chi connectivity index (χ2v) is 15.6. The minimum Gasteiger partial charge on any atom is -0.467 e. The van der Waals surface area contributed by atoms with Crippen LogP contribution in [0.1, 0.15) is 65.7 Å². The molecule has 5 rings (SSSR count). The molecule has 0 radical (unpaired) electrons. The molecule has 1 saturated heterocycles. The van der Waals surface area contributed by atoms with E-state index in [1.165, 1.54) is 24.2 Å². The lowest BCUT2D eigenvalue weighted by atomic mass is 9.85. The molecule has 1 aromatic heterocycles. The van der Waals surface area contributed by atoms with Gasteiger partial charge >= 0.3 is 22.3 Å². The monoisotopic (exact) mass is 710 g/mol. The Labute approximate surface area is 284 Å². The minimum atomic E-state index is -4.17. The highest BCUT2D eigenvalue weighted by Gasteiger charge is 2.61. The Morgan fingerprint density at radius 1 is 1.15 bits per heavy atom. The van der Waals surface area contributed by atoms with Crippen LogP contribution >= 0.6 is 11.6 Å². The van der Waals surface area contributed by atoms with Crippen molar-refractivity contribution >= 4 is 51.4 Å². The normalized spacial score (nSPS) is 24.9. The molecule has 3 aliphatic carbocycles. The third kappa shape index (κ3) is 8.11. The van der Waals surface area contributed by atoms with Gasteiger partial charge in [-0.2, -0.15) is 23.1 Å². The summed E-state index contributed by atoms with van der Waals surface area (Å²) in [5, 5.41) is 5.52. The van der Waals surface area contributed by atoms with E-state index in [4.69, 9.17) is 21.1 Å². The van der Waals surface area contributed by atoms with Gasteiger partial charge in [-0.05, 0) is 50.4 Å². The fraction of sp³-hybridized carbons (Fsp3) is 0.667. The van der Waals surface area contributed by atoms with Gasteiger partial charge in [0.2, 0.25) is 11.8 Å². The minimum absolute atomic E-state index is 0.0318. The van der Waals surface area contributed by atoms with E-state index in [-0.39, 0.29) is 48.8 Å². The second-order valence-electron chi connectivity index (χ2n) is 13.8. The van der Waals surface area contributed by atoms with Gasteiger partial charge in [0.05, 0.1) is 20.3 Å². The summed E-state index contributed by atoms with van der Waals surface area (Å²) in [6, 6.07) is -1.13. The first-order chi connectivity index (χ1) is 22.5. The van der Waals surface area contributed by atoms with Crippen molar-refractivity contribution in [3.63, 3.8) is 0 Å². The molecule has 3 saturated carbocycles. The first-order valence-corrected chi connectivity index (χ1v) is 17.8. The molecule has 18 heteroatoms. The first kappa shape index (κ1) is 35.6. The van der Waals surface area contributed by atoms with Crippen molar-refractivity contribution in [2.45, 2.75) is 95.5 Å². The highest BCUT2D eigenvalue weighted by Crippen LogP contribution is 2.45. The number of nitrogens with zero attached hydrogens (tertiary/aromatic N) is 4. The molecule has 4 atom stereocenters. The summed E-state index contributed by atoms with van der Waals surface area (Å²) in [6.07, 6.45) is 5.33. The van der Waals surface area contributed by atoms with Crippen LogP contribution in [0.2, 0.25) is 5.15 Å². The number of anilines is 1. The zero-order valence-corrected chi connectivity index (χ0v) is 29.0. The van der Waals surface area contributed by atoms with E-state index in [1.807, 2.05) is 4.72 Å². The summed E-state index contributed by atoms with van der Waals surface area (Å²) in [7, 11) is -2.81. The molecular formula is C30H43ClN8O8S. The number of ether oxygens (including phenoxy) is 2. The number of rotatable bonds is 12. The number of methoxy groups -OCH3 is 1. The molecular weight excluding hydrogens is 668 g/mol. The van der Waals surface area contributed by atoms with Crippen molar-refractivity contribution < 1.29 is 37.1 Å². The standard InChI is InChI=1S/C30H43ClN8O8S/c1-6-17-14-30(17,26(42)37-48(44,45)36-18-11-12-18)35-24(40)20-15-38(22-13-21(31)32-27(33-22)46-5)16-39(20)25(41)23(29(2,3)4)34-28(43)47-19-9-7-8-10-19/h6,13,17-20,23,36H,1,7-12,14-16H2,2-5H3,(H,34,43)(H,35,40)(H,37,42)/t17-,20+,23-,30-/m1/s1. The number of aromatic nitrogens is 2. The van der Waals surface area contributed by atoms with Gasteiger partial charge in [0.25, 0.3) is 5.91 Å². The molecule has 2 heterocycles. The van der Waals surface area contributed by atoms with Crippen molar-refractivity contribution in [3.05, 3.63) is 23.9 Å².